The maximum Gasteiger partial charge on any atom is 0.260 e. The average molecular weight is 302 g/mol. The van der Waals surface area contributed by atoms with Crippen molar-refractivity contribution < 1.29 is 14.3 Å². The van der Waals surface area contributed by atoms with Crippen molar-refractivity contribution in [3.8, 4) is 17.6 Å². The lowest BCUT2D eigenvalue weighted by Gasteiger charge is -2.35. The first-order chi connectivity index (χ1) is 10.7. The van der Waals surface area contributed by atoms with Gasteiger partial charge in [0.05, 0.1) is 18.7 Å². The lowest BCUT2D eigenvalue weighted by Crippen LogP contribution is -2.45. The summed E-state index contributed by atoms with van der Waals surface area (Å²) in [6.07, 6.45) is 4.30. The van der Waals surface area contributed by atoms with E-state index >= 15 is 0 Å². The minimum atomic E-state index is -0.00123. The SMILES string of the molecule is CC[C@H]1CCCCN1C(=O)COc1ccc(C#N)cc1OC. The Balaban J connectivity index is 2.00. The number of nitrogens with zero attached hydrogens (tertiary/aromatic N) is 2. The topological polar surface area (TPSA) is 62.6 Å². The maximum absolute atomic E-state index is 12.4. The number of benzene rings is 1. The molecule has 5 nitrogen and oxygen atoms in total. The third-order valence-electron chi connectivity index (χ3n) is 4.06. The molecule has 0 unspecified atom stereocenters. The van der Waals surface area contributed by atoms with Gasteiger partial charge in [-0.15, -0.1) is 0 Å². The molecule has 22 heavy (non-hydrogen) atoms. The van der Waals surface area contributed by atoms with Crippen molar-refractivity contribution in [1.29, 1.82) is 5.26 Å². The summed E-state index contributed by atoms with van der Waals surface area (Å²) in [7, 11) is 1.52. The monoisotopic (exact) mass is 302 g/mol. The molecule has 0 saturated carbocycles. The lowest BCUT2D eigenvalue weighted by atomic mass is 10.00. The number of hydrogen-bond donors (Lipinski definition) is 0. The van der Waals surface area contributed by atoms with Gasteiger partial charge in [-0.1, -0.05) is 6.92 Å². The van der Waals surface area contributed by atoms with Gasteiger partial charge in [0.25, 0.3) is 5.91 Å². The number of ether oxygens (including phenoxy) is 2. The number of methoxy groups -OCH3 is 1. The fourth-order valence-corrected chi connectivity index (χ4v) is 2.83. The second-order valence-corrected chi connectivity index (χ2v) is 5.41. The molecule has 0 aromatic heterocycles. The quantitative estimate of drug-likeness (QED) is 0.839. The molecule has 2 rings (SSSR count). The number of carbonyl (C=O) groups is 1. The van der Waals surface area contributed by atoms with Crippen LogP contribution in [-0.4, -0.2) is 37.1 Å². The first-order valence-corrected chi connectivity index (χ1v) is 7.70. The number of likely N-dealkylation sites (tertiary alicyclic amines) is 1. The predicted molar refractivity (Wildman–Crippen MR) is 82.8 cm³/mol. The van der Waals surface area contributed by atoms with Crippen LogP contribution in [0.25, 0.3) is 0 Å². The fraction of sp³-hybridized carbons (Fsp3) is 0.529. The molecule has 1 heterocycles. The van der Waals surface area contributed by atoms with Crippen molar-refractivity contribution in [2.75, 3.05) is 20.3 Å². The zero-order valence-electron chi connectivity index (χ0n) is 13.2. The van der Waals surface area contributed by atoms with Crippen molar-refractivity contribution in [1.82, 2.24) is 4.90 Å². The normalized spacial score (nSPS) is 17.7. The highest BCUT2D eigenvalue weighted by Crippen LogP contribution is 2.28. The van der Waals surface area contributed by atoms with Crippen LogP contribution in [0.3, 0.4) is 0 Å². The van der Waals surface area contributed by atoms with E-state index in [9.17, 15) is 4.79 Å². The Bertz CT molecular complexity index is 566. The Kier molecular flexibility index (Phi) is 5.65. The third-order valence-corrected chi connectivity index (χ3v) is 4.06. The second kappa shape index (κ2) is 7.69. The summed E-state index contributed by atoms with van der Waals surface area (Å²) in [4.78, 5) is 14.3. The molecule has 1 aliphatic heterocycles. The van der Waals surface area contributed by atoms with Crippen LogP contribution in [0.15, 0.2) is 18.2 Å². The van der Waals surface area contributed by atoms with E-state index in [1.165, 1.54) is 13.5 Å². The van der Waals surface area contributed by atoms with E-state index in [4.69, 9.17) is 14.7 Å². The number of carbonyl (C=O) groups excluding carboxylic acids is 1. The molecule has 1 aliphatic rings. The molecule has 5 heteroatoms. The van der Waals surface area contributed by atoms with E-state index in [0.29, 0.717) is 23.1 Å². The van der Waals surface area contributed by atoms with Crippen LogP contribution in [0, 0.1) is 11.3 Å². The van der Waals surface area contributed by atoms with Gasteiger partial charge in [0, 0.05) is 18.7 Å². The number of nitriles is 1. The van der Waals surface area contributed by atoms with Crippen LogP contribution in [0.2, 0.25) is 0 Å². The van der Waals surface area contributed by atoms with Crippen LogP contribution < -0.4 is 9.47 Å². The summed E-state index contributed by atoms with van der Waals surface area (Å²) in [6.45, 7) is 2.92. The van der Waals surface area contributed by atoms with Crippen molar-refractivity contribution in [2.24, 2.45) is 0 Å². The molecular formula is C17H22N2O3. The molecule has 0 radical (unpaired) electrons. The molecule has 1 fully saturated rings. The van der Waals surface area contributed by atoms with Crippen molar-refractivity contribution in [3.63, 3.8) is 0 Å². The van der Waals surface area contributed by atoms with E-state index in [1.807, 2.05) is 11.0 Å². The Hall–Kier alpha value is -2.22. The molecule has 0 bridgehead atoms. The Labute approximate surface area is 131 Å². The van der Waals surface area contributed by atoms with E-state index < -0.39 is 0 Å². The third kappa shape index (κ3) is 3.70. The number of hydrogen-bond acceptors (Lipinski definition) is 4. The van der Waals surface area contributed by atoms with E-state index in [-0.39, 0.29) is 12.5 Å². The first kappa shape index (κ1) is 16.2. The van der Waals surface area contributed by atoms with Crippen LogP contribution in [0.1, 0.15) is 38.2 Å². The fourth-order valence-electron chi connectivity index (χ4n) is 2.83. The van der Waals surface area contributed by atoms with Gasteiger partial charge < -0.3 is 14.4 Å². The Morgan fingerprint density at radius 2 is 2.23 bits per heavy atom. The predicted octanol–water partition coefficient (Wildman–Crippen LogP) is 2.74. The van der Waals surface area contributed by atoms with Crippen molar-refractivity contribution >= 4 is 5.91 Å². The number of amides is 1. The lowest BCUT2D eigenvalue weighted by molar-refractivity contribution is -0.137. The molecule has 0 spiro atoms. The Morgan fingerprint density at radius 3 is 2.91 bits per heavy atom. The molecule has 0 aliphatic carbocycles. The van der Waals surface area contributed by atoms with E-state index in [2.05, 4.69) is 6.92 Å². The standard InChI is InChI=1S/C17H22N2O3/c1-3-14-6-4-5-9-19(14)17(20)12-22-15-8-7-13(11-18)10-16(15)21-2/h7-8,10,14H,3-6,9,12H2,1-2H3/t14-/m0/s1. The highest BCUT2D eigenvalue weighted by atomic mass is 16.5. The van der Waals surface area contributed by atoms with Gasteiger partial charge in [-0.05, 0) is 37.8 Å². The molecule has 1 atom stereocenters. The largest absolute Gasteiger partial charge is 0.493 e. The minimum Gasteiger partial charge on any atom is -0.493 e. The molecule has 1 aromatic carbocycles. The van der Waals surface area contributed by atoms with Gasteiger partial charge in [0.15, 0.2) is 18.1 Å². The van der Waals surface area contributed by atoms with E-state index in [0.717, 1.165) is 25.8 Å². The summed E-state index contributed by atoms with van der Waals surface area (Å²) >= 11 is 0. The Morgan fingerprint density at radius 1 is 1.41 bits per heavy atom. The molecule has 0 N–H and O–H groups in total. The zero-order valence-corrected chi connectivity index (χ0v) is 13.2. The molecule has 1 saturated heterocycles. The van der Waals surface area contributed by atoms with Gasteiger partial charge in [0.2, 0.25) is 0 Å². The van der Waals surface area contributed by atoms with Gasteiger partial charge in [-0.2, -0.15) is 5.26 Å². The summed E-state index contributed by atoms with van der Waals surface area (Å²) in [5, 5.41) is 8.89. The number of rotatable bonds is 5. The maximum atomic E-state index is 12.4. The molecule has 1 aromatic rings. The number of piperidine rings is 1. The second-order valence-electron chi connectivity index (χ2n) is 5.41. The first-order valence-electron chi connectivity index (χ1n) is 7.70. The van der Waals surface area contributed by atoms with Crippen LogP contribution >= 0.6 is 0 Å². The highest BCUT2D eigenvalue weighted by Gasteiger charge is 2.25. The van der Waals surface area contributed by atoms with Gasteiger partial charge in [0.1, 0.15) is 0 Å². The van der Waals surface area contributed by atoms with Gasteiger partial charge in [-0.3, -0.25) is 4.79 Å². The molecular weight excluding hydrogens is 280 g/mol. The van der Waals surface area contributed by atoms with Gasteiger partial charge in [-0.25, -0.2) is 0 Å². The smallest absolute Gasteiger partial charge is 0.260 e. The van der Waals surface area contributed by atoms with Crippen LogP contribution in [0.5, 0.6) is 11.5 Å². The molecule has 118 valence electrons. The minimum absolute atomic E-state index is 0.00123. The summed E-state index contributed by atoms with van der Waals surface area (Å²) < 4.78 is 10.8. The molecule has 1 amide bonds. The zero-order chi connectivity index (χ0) is 15.9. The summed E-state index contributed by atoms with van der Waals surface area (Å²) in [6, 6.07) is 7.30. The van der Waals surface area contributed by atoms with Crippen molar-refractivity contribution in [2.45, 2.75) is 38.6 Å². The van der Waals surface area contributed by atoms with Crippen LogP contribution in [0.4, 0.5) is 0 Å². The average Bonchev–Trinajstić information content (AvgIpc) is 2.59. The van der Waals surface area contributed by atoms with E-state index in [1.54, 1.807) is 18.2 Å². The summed E-state index contributed by atoms with van der Waals surface area (Å²) in [5.74, 6) is 0.968. The highest BCUT2D eigenvalue weighted by molar-refractivity contribution is 5.78. The summed E-state index contributed by atoms with van der Waals surface area (Å²) in [5.41, 5.74) is 0.498. The van der Waals surface area contributed by atoms with Crippen molar-refractivity contribution in [3.05, 3.63) is 23.8 Å². The van der Waals surface area contributed by atoms with Crippen LogP contribution in [-0.2, 0) is 4.79 Å². The van der Waals surface area contributed by atoms with Gasteiger partial charge >= 0.3 is 0 Å².